The molecule has 0 bridgehead atoms. The van der Waals surface area contributed by atoms with Crippen LogP contribution in [0.2, 0.25) is 0 Å². The molecule has 126 valence electrons. The van der Waals surface area contributed by atoms with Gasteiger partial charge >= 0.3 is 0 Å². The summed E-state index contributed by atoms with van der Waals surface area (Å²) >= 11 is 0. The van der Waals surface area contributed by atoms with E-state index in [2.05, 4.69) is 21.3 Å². The Morgan fingerprint density at radius 1 is 1.21 bits per heavy atom. The Morgan fingerprint density at radius 2 is 2.00 bits per heavy atom. The highest BCUT2D eigenvalue weighted by molar-refractivity contribution is 5.94. The van der Waals surface area contributed by atoms with E-state index in [9.17, 15) is 9.18 Å². The Kier molecular flexibility index (Phi) is 5.54. The summed E-state index contributed by atoms with van der Waals surface area (Å²) in [5, 5.41) is 2.87. The normalized spacial score (nSPS) is 16.0. The zero-order valence-corrected chi connectivity index (χ0v) is 13.6. The van der Waals surface area contributed by atoms with Crippen molar-refractivity contribution in [1.82, 2.24) is 15.2 Å². The van der Waals surface area contributed by atoms with Crippen molar-refractivity contribution >= 4 is 5.91 Å². The van der Waals surface area contributed by atoms with E-state index in [1.807, 2.05) is 12.3 Å². The molecule has 1 aromatic carbocycles. The lowest BCUT2D eigenvalue weighted by Crippen LogP contribution is -2.38. The first-order chi connectivity index (χ1) is 11.7. The Hall–Kier alpha value is -2.27. The average Bonchev–Trinajstić information content (AvgIpc) is 2.62. The molecule has 0 unspecified atom stereocenters. The third kappa shape index (κ3) is 4.38. The molecule has 1 N–H and O–H groups in total. The summed E-state index contributed by atoms with van der Waals surface area (Å²) in [4.78, 5) is 18.6. The Balaban J connectivity index is 1.43. The van der Waals surface area contributed by atoms with Crippen molar-refractivity contribution in [3.8, 4) is 0 Å². The van der Waals surface area contributed by atoms with Crippen molar-refractivity contribution < 1.29 is 9.18 Å². The third-order valence-electron chi connectivity index (χ3n) is 4.51. The number of benzene rings is 1. The lowest BCUT2D eigenvalue weighted by Gasteiger charge is -2.32. The molecule has 1 aliphatic rings. The fraction of sp³-hybridized carbons (Fsp3) is 0.368. The summed E-state index contributed by atoms with van der Waals surface area (Å²) in [6, 6.07) is 10.1. The molecule has 0 radical (unpaired) electrons. The van der Waals surface area contributed by atoms with Crippen molar-refractivity contribution in [2.24, 2.45) is 5.92 Å². The van der Waals surface area contributed by atoms with Crippen LogP contribution in [-0.4, -0.2) is 35.4 Å². The standard InChI is InChI=1S/C19H22FN3O/c20-18-6-2-1-5-17(18)19(24)22-13-15-7-10-23(11-8-15)14-16-4-3-9-21-12-16/h1-6,9,12,15H,7-8,10-11,13-14H2,(H,22,24). The van der Waals surface area contributed by atoms with Gasteiger partial charge in [0.05, 0.1) is 5.56 Å². The second-order valence-corrected chi connectivity index (χ2v) is 6.27. The fourth-order valence-electron chi connectivity index (χ4n) is 3.08. The van der Waals surface area contributed by atoms with E-state index >= 15 is 0 Å². The van der Waals surface area contributed by atoms with Gasteiger partial charge in [0.15, 0.2) is 0 Å². The Labute approximate surface area is 141 Å². The lowest BCUT2D eigenvalue weighted by molar-refractivity contribution is 0.0931. The maximum absolute atomic E-state index is 13.6. The van der Waals surface area contributed by atoms with Gasteiger partial charge in [-0.25, -0.2) is 4.39 Å². The number of halogens is 1. The highest BCUT2D eigenvalue weighted by Gasteiger charge is 2.20. The predicted molar refractivity (Wildman–Crippen MR) is 91.0 cm³/mol. The number of carbonyl (C=O) groups excluding carboxylic acids is 1. The molecule has 5 heteroatoms. The first-order valence-corrected chi connectivity index (χ1v) is 8.36. The number of amides is 1. The minimum absolute atomic E-state index is 0.117. The molecule has 4 nitrogen and oxygen atoms in total. The van der Waals surface area contributed by atoms with Crippen LogP contribution < -0.4 is 5.32 Å². The van der Waals surface area contributed by atoms with Crippen LogP contribution in [0.15, 0.2) is 48.8 Å². The van der Waals surface area contributed by atoms with Gasteiger partial charge in [0.2, 0.25) is 0 Å². The number of hydrogen-bond donors (Lipinski definition) is 1. The highest BCUT2D eigenvalue weighted by Crippen LogP contribution is 2.18. The van der Waals surface area contributed by atoms with Gasteiger partial charge in [-0.3, -0.25) is 14.7 Å². The molecular weight excluding hydrogens is 305 g/mol. The number of carbonyl (C=O) groups is 1. The SMILES string of the molecule is O=C(NCC1CCN(Cc2cccnc2)CC1)c1ccccc1F. The Morgan fingerprint density at radius 3 is 2.71 bits per heavy atom. The van der Waals surface area contributed by atoms with E-state index in [0.717, 1.165) is 32.5 Å². The fourth-order valence-corrected chi connectivity index (χ4v) is 3.08. The van der Waals surface area contributed by atoms with Gasteiger partial charge < -0.3 is 5.32 Å². The molecule has 0 spiro atoms. The quantitative estimate of drug-likeness (QED) is 0.918. The lowest BCUT2D eigenvalue weighted by atomic mass is 9.96. The zero-order valence-electron chi connectivity index (χ0n) is 13.6. The second-order valence-electron chi connectivity index (χ2n) is 6.27. The van der Waals surface area contributed by atoms with Gasteiger partial charge in [0.1, 0.15) is 5.82 Å². The van der Waals surface area contributed by atoms with Crippen LogP contribution in [0.5, 0.6) is 0 Å². The molecule has 1 amide bonds. The molecule has 0 atom stereocenters. The number of nitrogens with zero attached hydrogens (tertiary/aromatic N) is 2. The maximum atomic E-state index is 13.6. The number of hydrogen-bond acceptors (Lipinski definition) is 3. The second kappa shape index (κ2) is 8.02. The predicted octanol–water partition coefficient (Wildman–Crippen LogP) is 2.86. The first-order valence-electron chi connectivity index (χ1n) is 8.36. The molecule has 1 aromatic heterocycles. The molecular formula is C19H22FN3O. The molecule has 1 fully saturated rings. The van der Waals surface area contributed by atoms with Crippen molar-refractivity contribution in [3.63, 3.8) is 0 Å². The third-order valence-corrected chi connectivity index (χ3v) is 4.51. The highest BCUT2D eigenvalue weighted by atomic mass is 19.1. The number of aromatic nitrogens is 1. The van der Waals surface area contributed by atoms with Gasteiger partial charge in [0, 0.05) is 25.5 Å². The van der Waals surface area contributed by atoms with E-state index in [-0.39, 0.29) is 11.5 Å². The monoisotopic (exact) mass is 327 g/mol. The van der Waals surface area contributed by atoms with Crippen LogP contribution in [0.3, 0.4) is 0 Å². The summed E-state index contributed by atoms with van der Waals surface area (Å²) in [5.74, 6) is -0.349. The van der Waals surface area contributed by atoms with E-state index in [4.69, 9.17) is 0 Å². The van der Waals surface area contributed by atoms with E-state index < -0.39 is 5.82 Å². The van der Waals surface area contributed by atoms with Crippen molar-refractivity contribution in [1.29, 1.82) is 0 Å². The molecule has 0 aliphatic carbocycles. The first kappa shape index (κ1) is 16.6. The molecule has 1 saturated heterocycles. The van der Waals surface area contributed by atoms with Crippen LogP contribution in [0.4, 0.5) is 4.39 Å². The number of rotatable bonds is 5. The molecule has 1 aliphatic heterocycles. The molecule has 2 heterocycles. The van der Waals surface area contributed by atoms with Crippen LogP contribution >= 0.6 is 0 Å². The van der Waals surface area contributed by atoms with Crippen LogP contribution in [0.1, 0.15) is 28.8 Å². The molecule has 3 rings (SSSR count). The summed E-state index contributed by atoms with van der Waals surface area (Å²) < 4.78 is 13.6. The number of pyridine rings is 1. The van der Waals surface area contributed by atoms with Gasteiger partial charge in [-0.1, -0.05) is 18.2 Å². The summed E-state index contributed by atoms with van der Waals surface area (Å²) in [6.45, 7) is 3.54. The smallest absolute Gasteiger partial charge is 0.254 e. The van der Waals surface area contributed by atoms with Crippen molar-refractivity contribution in [2.45, 2.75) is 19.4 Å². The molecule has 2 aromatic rings. The van der Waals surface area contributed by atoms with Crippen LogP contribution in [-0.2, 0) is 6.54 Å². The van der Waals surface area contributed by atoms with Crippen LogP contribution in [0, 0.1) is 11.7 Å². The summed E-state index contributed by atoms with van der Waals surface area (Å²) in [7, 11) is 0. The number of likely N-dealkylation sites (tertiary alicyclic amines) is 1. The number of nitrogens with one attached hydrogen (secondary N) is 1. The van der Waals surface area contributed by atoms with E-state index in [0.29, 0.717) is 12.5 Å². The van der Waals surface area contributed by atoms with Crippen molar-refractivity contribution in [3.05, 3.63) is 65.7 Å². The minimum Gasteiger partial charge on any atom is -0.352 e. The molecule has 0 saturated carbocycles. The summed E-state index contributed by atoms with van der Waals surface area (Å²) in [6.07, 6.45) is 5.77. The van der Waals surface area contributed by atoms with Gasteiger partial charge in [0.25, 0.3) is 5.91 Å². The zero-order chi connectivity index (χ0) is 16.8. The minimum atomic E-state index is -0.471. The van der Waals surface area contributed by atoms with Gasteiger partial charge in [-0.2, -0.15) is 0 Å². The van der Waals surface area contributed by atoms with E-state index in [1.54, 1.807) is 18.3 Å². The summed E-state index contributed by atoms with van der Waals surface area (Å²) in [5.41, 5.74) is 1.34. The largest absolute Gasteiger partial charge is 0.352 e. The topological polar surface area (TPSA) is 45.2 Å². The maximum Gasteiger partial charge on any atom is 0.254 e. The number of piperidine rings is 1. The van der Waals surface area contributed by atoms with Crippen LogP contribution in [0.25, 0.3) is 0 Å². The van der Waals surface area contributed by atoms with Gasteiger partial charge in [-0.05, 0) is 55.6 Å². The Bertz CT molecular complexity index is 669. The van der Waals surface area contributed by atoms with E-state index in [1.165, 1.54) is 17.7 Å². The average molecular weight is 327 g/mol. The molecule has 24 heavy (non-hydrogen) atoms. The van der Waals surface area contributed by atoms with Gasteiger partial charge in [-0.15, -0.1) is 0 Å². The van der Waals surface area contributed by atoms with Crippen molar-refractivity contribution in [2.75, 3.05) is 19.6 Å².